The van der Waals surface area contributed by atoms with E-state index in [9.17, 15) is 19.5 Å². The van der Waals surface area contributed by atoms with E-state index in [0.29, 0.717) is 19.5 Å². The summed E-state index contributed by atoms with van der Waals surface area (Å²) in [5, 5.41) is 9.12. The lowest BCUT2D eigenvalue weighted by Crippen LogP contribution is -2.57. The molecule has 3 saturated heterocycles. The number of fused-ring (bicyclic) bond motifs is 1. The molecule has 7 nitrogen and oxygen atoms in total. The van der Waals surface area contributed by atoms with E-state index in [1.54, 1.807) is 27.6 Å². The SMILES string of the molecule is C=CCOC(=O)[C@@H]1[C@H]2C(=O)N(CCCCCCO)C(C(=O)N(CC=C)c3c(C)cccc3C)C23S[C@@H]1CC3C. The molecule has 8 heteroatoms. The summed E-state index contributed by atoms with van der Waals surface area (Å²) in [6.07, 6.45) is 7.20. The van der Waals surface area contributed by atoms with Crippen molar-refractivity contribution >= 4 is 35.2 Å². The Morgan fingerprint density at radius 2 is 1.87 bits per heavy atom. The van der Waals surface area contributed by atoms with E-state index in [1.807, 2.05) is 32.0 Å². The predicted octanol–water partition coefficient (Wildman–Crippen LogP) is 4.44. The molecule has 0 aliphatic carbocycles. The maximum Gasteiger partial charge on any atom is 0.311 e. The van der Waals surface area contributed by atoms with Gasteiger partial charge in [-0.15, -0.1) is 18.3 Å². The monoisotopic (exact) mass is 554 g/mol. The molecular weight excluding hydrogens is 512 g/mol. The summed E-state index contributed by atoms with van der Waals surface area (Å²) in [5.74, 6) is -1.67. The van der Waals surface area contributed by atoms with Gasteiger partial charge in [-0.25, -0.2) is 0 Å². The largest absolute Gasteiger partial charge is 0.461 e. The van der Waals surface area contributed by atoms with Crippen LogP contribution in [0.4, 0.5) is 5.69 Å². The van der Waals surface area contributed by atoms with Crippen molar-refractivity contribution in [2.75, 3.05) is 31.2 Å². The Labute approximate surface area is 236 Å². The molecule has 3 heterocycles. The quantitative estimate of drug-likeness (QED) is 0.220. The number of benzene rings is 1. The molecule has 3 unspecified atom stereocenters. The van der Waals surface area contributed by atoms with Crippen LogP contribution in [0.15, 0.2) is 43.5 Å². The molecular formula is C31H42N2O5S. The second-order valence-electron chi connectivity index (χ2n) is 11.1. The number of likely N-dealkylation sites (tertiary alicyclic amines) is 1. The van der Waals surface area contributed by atoms with Crippen LogP contribution in [0.3, 0.4) is 0 Å². The molecule has 0 radical (unpaired) electrons. The normalized spacial score (nSPS) is 28.9. The number of hydrogen-bond acceptors (Lipinski definition) is 6. The third-order valence-corrected chi connectivity index (χ3v) is 10.8. The van der Waals surface area contributed by atoms with Crippen LogP contribution < -0.4 is 4.90 Å². The molecule has 39 heavy (non-hydrogen) atoms. The van der Waals surface area contributed by atoms with Gasteiger partial charge in [0, 0.05) is 30.6 Å². The van der Waals surface area contributed by atoms with Gasteiger partial charge in [-0.1, -0.05) is 56.7 Å². The van der Waals surface area contributed by atoms with Crippen LogP contribution in [0.2, 0.25) is 0 Å². The summed E-state index contributed by atoms with van der Waals surface area (Å²) >= 11 is 1.66. The molecule has 1 spiro atoms. The lowest BCUT2D eigenvalue weighted by molar-refractivity contribution is -0.153. The molecule has 0 aromatic heterocycles. The number of thioether (sulfide) groups is 1. The minimum atomic E-state index is -0.697. The molecule has 1 aromatic rings. The van der Waals surface area contributed by atoms with Crippen LogP contribution in [0.1, 0.15) is 50.2 Å². The van der Waals surface area contributed by atoms with Crippen molar-refractivity contribution in [1.82, 2.24) is 4.90 Å². The van der Waals surface area contributed by atoms with E-state index in [1.165, 1.54) is 6.08 Å². The minimum Gasteiger partial charge on any atom is -0.461 e. The minimum absolute atomic E-state index is 0.0543. The van der Waals surface area contributed by atoms with Gasteiger partial charge >= 0.3 is 5.97 Å². The van der Waals surface area contributed by atoms with E-state index in [-0.39, 0.29) is 42.2 Å². The van der Waals surface area contributed by atoms with Crippen LogP contribution in [0, 0.1) is 31.6 Å². The number of amides is 2. The van der Waals surface area contributed by atoms with E-state index in [0.717, 1.165) is 42.5 Å². The molecule has 1 aromatic carbocycles. The smallest absolute Gasteiger partial charge is 0.311 e. The second-order valence-corrected chi connectivity index (χ2v) is 12.7. The Morgan fingerprint density at radius 3 is 2.51 bits per heavy atom. The summed E-state index contributed by atoms with van der Waals surface area (Å²) in [6, 6.07) is 5.28. The Balaban J connectivity index is 1.77. The Morgan fingerprint density at radius 1 is 1.18 bits per heavy atom. The summed E-state index contributed by atoms with van der Waals surface area (Å²) < 4.78 is 4.79. The number of nitrogens with zero attached hydrogens (tertiary/aromatic N) is 2. The van der Waals surface area contributed by atoms with E-state index >= 15 is 0 Å². The molecule has 3 aliphatic heterocycles. The highest BCUT2D eigenvalue weighted by atomic mass is 32.2. The standard InChI is InChI=1S/C31H42N2O5S/c1-6-15-32(26-20(3)13-12-14-21(26)4)29(36)27-31-22(5)19-23(39-31)24(30(37)38-18-7-2)25(31)28(35)33(27)16-10-8-9-11-17-34/h6-7,12-14,22-25,27,34H,1-2,8-11,15-19H2,3-5H3/t22?,23-,24+,25+,27?,31?/m1/s1. The number of carbonyl (C=O) groups is 3. The van der Waals surface area contributed by atoms with E-state index in [4.69, 9.17) is 4.74 Å². The fourth-order valence-corrected chi connectivity index (χ4v) is 9.50. The van der Waals surface area contributed by atoms with Gasteiger partial charge in [0.2, 0.25) is 5.91 Å². The average Bonchev–Trinajstić information content (AvgIpc) is 3.50. The molecule has 2 amide bonds. The maximum absolute atomic E-state index is 14.8. The van der Waals surface area contributed by atoms with Crippen LogP contribution in [-0.2, 0) is 19.1 Å². The van der Waals surface area contributed by atoms with Gasteiger partial charge in [-0.3, -0.25) is 14.4 Å². The van der Waals surface area contributed by atoms with Gasteiger partial charge in [0.1, 0.15) is 12.6 Å². The number of rotatable bonds is 13. The van der Waals surface area contributed by atoms with E-state index < -0.39 is 22.6 Å². The third kappa shape index (κ3) is 5.06. The zero-order valence-corrected chi connectivity index (χ0v) is 24.3. The molecule has 2 bridgehead atoms. The summed E-state index contributed by atoms with van der Waals surface area (Å²) in [7, 11) is 0. The zero-order valence-electron chi connectivity index (χ0n) is 23.4. The van der Waals surface area contributed by atoms with Crippen molar-refractivity contribution in [1.29, 1.82) is 0 Å². The van der Waals surface area contributed by atoms with Crippen LogP contribution >= 0.6 is 11.8 Å². The third-order valence-electron chi connectivity index (χ3n) is 8.69. The lowest BCUT2D eigenvalue weighted by Gasteiger charge is -2.41. The maximum atomic E-state index is 14.8. The number of aryl methyl sites for hydroxylation is 2. The topological polar surface area (TPSA) is 87.1 Å². The van der Waals surface area contributed by atoms with Gasteiger partial charge in [-0.2, -0.15) is 0 Å². The highest BCUT2D eigenvalue weighted by Crippen LogP contribution is 2.68. The van der Waals surface area contributed by atoms with Gasteiger partial charge in [-0.05, 0) is 50.2 Å². The number of aliphatic hydroxyl groups is 1. The van der Waals surface area contributed by atoms with Gasteiger partial charge < -0.3 is 19.6 Å². The van der Waals surface area contributed by atoms with Crippen molar-refractivity contribution in [3.63, 3.8) is 0 Å². The van der Waals surface area contributed by atoms with Gasteiger partial charge in [0.25, 0.3) is 5.91 Å². The number of unbranched alkanes of at least 4 members (excludes halogenated alkanes) is 3. The first-order chi connectivity index (χ1) is 18.7. The molecule has 4 rings (SSSR count). The van der Waals surface area contributed by atoms with E-state index in [2.05, 4.69) is 20.1 Å². The van der Waals surface area contributed by atoms with Crippen molar-refractivity contribution in [2.24, 2.45) is 17.8 Å². The summed E-state index contributed by atoms with van der Waals surface area (Å²) in [6.45, 7) is 14.7. The fourth-order valence-electron chi connectivity index (χ4n) is 7.09. The highest BCUT2D eigenvalue weighted by Gasteiger charge is 2.76. The van der Waals surface area contributed by atoms with Crippen LogP contribution in [-0.4, -0.2) is 70.1 Å². The summed E-state index contributed by atoms with van der Waals surface area (Å²) in [5.41, 5.74) is 2.83. The van der Waals surface area contributed by atoms with Crippen molar-refractivity contribution in [3.05, 3.63) is 54.6 Å². The zero-order chi connectivity index (χ0) is 28.3. The molecule has 6 atom stereocenters. The molecule has 212 valence electrons. The molecule has 3 fully saturated rings. The first-order valence-corrected chi connectivity index (χ1v) is 15.0. The predicted molar refractivity (Wildman–Crippen MR) is 156 cm³/mol. The number of ether oxygens (including phenoxy) is 1. The highest BCUT2D eigenvalue weighted by molar-refractivity contribution is 8.02. The number of aliphatic hydroxyl groups excluding tert-OH is 1. The Bertz CT molecular complexity index is 1100. The number of esters is 1. The van der Waals surface area contributed by atoms with Gasteiger partial charge in [0.05, 0.1) is 16.6 Å². The van der Waals surface area contributed by atoms with Gasteiger partial charge in [0.15, 0.2) is 0 Å². The molecule has 0 saturated carbocycles. The van der Waals surface area contributed by atoms with Crippen molar-refractivity contribution in [2.45, 2.75) is 68.9 Å². The average molecular weight is 555 g/mol. The van der Waals surface area contributed by atoms with Crippen LogP contribution in [0.25, 0.3) is 0 Å². The first-order valence-electron chi connectivity index (χ1n) is 14.1. The summed E-state index contributed by atoms with van der Waals surface area (Å²) in [4.78, 5) is 45.8. The van der Waals surface area contributed by atoms with Crippen LogP contribution in [0.5, 0.6) is 0 Å². The first kappa shape index (κ1) is 29.4. The number of para-hydroxylation sites is 1. The lowest BCUT2D eigenvalue weighted by atomic mass is 9.66. The second kappa shape index (κ2) is 12.3. The van der Waals surface area contributed by atoms with Crippen molar-refractivity contribution in [3.8, 4) is 0 Å². The molecule has 3 aliphatic rings. The number of carbonyl (C=O) groups excluding carboxylic acids is 3. The Kier molecular flexibility index (Phi) is 9.27. The fraction of sp³-hybridized carbons (Fsp3) is 0.581. The van der Waals surface area contributed by atoms with Crippen molar-refractivity contribution < 1.29 is 24.2 Å². The molecule has 1 N–H and O–H groups in total. The number of hydrogen-bond donors (Lipinski definition) is 1. The number of anilines is 1. The Hall–Kier alpha value is -2.58.